The lowest BCUT2D eigenvalue weighted by molar-refractivity contribution is -0.117. The number of amides is 1. The summed E-state index contributed by atoms with van der Waals surface area (Å²) in [4.78, 5) is 11.6. The number of hydrogen-bond acceptors (Lipinski definition) is 3. The van der Waals surface area contributed by atoms with Gasteiger partial charge < -0.3 is 14.8 Å². The van der Waals surface area contributed by atoms with Gasteiger partial charge in [0.1, 0.15) is 0 Å². The molecule has 1 aromatic carbocycles. The fourth-order valence-electron chi connectivity index (χ4n) is 1.89. The lowest BCUT2D eigenvalue weighted by Crippen LogP contribution is -2.29. The maximum atomic E-state index is 11.6. The first-order chi connectivity index (χ1) is 8.03. The summed E-state index contributed by atoms with van der Waals surface area (Å²) in [6.45, 7) is 3.71. The monoisotopic (exact) mass is 233 g/mol. The van der Waals surface area contributed by atoms with E-state index in [4.69, 9.17) is 9.47 Å². The van der Waals surface area contributed by atoms with Gasteiger partial charge in [-0.3, -0.25) is 4.79 Å². The number of ether oxygens (including phenoxy) is 2. The molecule has 1 aliphatic carbocycles. The number of benzene rings is 1. The Bertz CT molecular complexity index is 478. The molecule has 17 heavy (non-hydrogen) atoms. The molecule has 1 aliphatic heterocycles. The Balaban J connectivity index is 1.78. The van der Waals surface area contributed by atoms with Crippen LogP contribution in [0.4, 0.5) is 5.69 Å². The highest BCUT2D eigenvalue weighted by Gasteiger charge is 2.33. The SMILES string of the molecule is CC1(C)Oc2ccc(NC(=O)C3CC3)cc2O1. The number of carbonyl (C=O) groups excluding carboxylic acids is 1. The van der Waals surface area contributed by atoms with Crippen LogP contribution in [0.5, 0.6) is 11.5 Å². The number of anilines is 1. The molecule has 0 spiro atoms. The minimum Gasteiger partial charge on any atom is -0.449 e. The highest BCUT2D eigenvalue weighted by Crippen LogP contribution is 2.41. The lowest BCUT2D eigenvalue weighted by Gasteiger charge is -2.16. The van der Waals surface area contributed by atoms with Gasteiger partial charge in [-0.25, -0.2) is 0 Å². The number of rotatable bonds is 2. The summed E-state index contributed by atoms with van der Waals surface area (Å²) in [6.07, 6.45) is 2.01. The van der Waals surface area contributed by atoms with Crippen LogP contribution in [0.15, 0.2) is 18.2 Å². The highest BCUT2D eigenvalue weighted by atomic mass is 16.7. The molecule has 90 valence electrons. The molecule has 1 amide bonds. The van der Waals surface area contributed by atoms with Gasteiger partial charge in [-0.05, 0) is 25.0 Å². The zero-order valence-corrected chi connectivity index (χ0v) is 9.95. The zero-order chi connectivity index (χ0) is 12.0. The molecule has 0 aromatic heterocycles. The Labute approximate surface area is 99.9 Å². The second-order valence-corrected chi connectivity index (χ2v) is 5.03. The minimum absolute atomic E-state index is 0.100. The van der Waals surface area contributed by atoms with Crippen molar-refractivity contribution in [2.24, 2.45) is 5.92 Å². The van der Waals surface area contributed by atoms with Crippen LogP contribution in [0.2, 0.25) is 0 Å². The molecule has 4 heteroatoms. The summed E-state index contributed by atoms with van der Waals surface area (Å²) < 4.78 is 11.2. The van der Waals surface area contributed by atoms with E-state index in [1.54, 1.807) is 0 Å². The van der Waals surface area contributed by atoms with Crippen molar-refractivity contribution in [1.82, 2.24) is 0 Å². The summed E-state index contributed by atoms with van der Waals surface area (Å²) in [5.41, 5.74) is 0.766. The Morgan fingerprint density at radius 1 is 1.29 bits per heavy atom. The van der Waals surface area contributed by atoms with Crippen molar-refractivity contribution in [2.45, 2.75) is 32.5 Å². The van der Waals surface area contributed by atoms with Crippen LogP contribution in [-0.2, 0) is 4.79 Å². The van der Waals surface area contributed by atoms with Gasteiger partial charge in [0.15, 0.2) is 11.5 Å². The predicted octanol–water partition coefficient (Wildman–Crippen LogP) is 2.54. The van der Waals surface area contributed by atoms with Crippen LogP contribution < -0.4 is 14.8 Å². The molecule has 1 heterocycles. The maximum absolute atomic E-state index is 11.6. The molecule has 1 saturated carbocycles. The topological polar surface area (TPSA) is 47.6 Å². The molecule has 0 radical (unpaired) electrons. The maximum Gasteiger partial charge on any atom is 0.246 e. The normalized spacial score (nSPS) is 20.1. The van der Waals surface area contributed by atoms with Gasteiger partial charge in [-0.15, -0.1) is 0 Å². The van der Waals surface area contributed by atoms with E-state index in [1.807, 2.05) is 32.0 Å². The lowest BCUT2D eigenvalue weighted by atomic mass is 10.2. The first kappa shape index (κ1) is 10.4. The molecule has 4 nitrogen and oxygen atoms in total. The van der Waals surface area contributed by atoms with Gasteiger partial charge >= 0.3 is 0 Å². The number of fused-ring (bicyclic) bond motifs is 1. The van der Waals surface area contributed by atoms with E-state index in [0.717, 1.165) is 24.3 Å². The van der Waals surface area contributed by atoms with Crippen molar-refractivity contribution in [2.75, 3.05) is 5.32 Å². The van der Waals surface area contributed by atoms with Crippen LogP contribution in [0.1, 0.15) is 26.7 Å². The number of hydrogen-bond donors (Lipinski definition) is 1. The highest BCUT2D eigenvalue weighted by molar-refractivity contribution is 5.94. The Morgan fingerprint density at radius 3 is 2.71 bits per heavy atom. The quantitative estimate of drug-likeness (QED) is 0.853. The van der Waals surface area contributed by atoms with Crippen molar-refractivity contribution in [3.05, 3.63) is 18.2 Å². The van der Waals surface area contributed by atoms with Crippen LogP contribution in [0, 0.1) is 5.92 Å². The molecule has 1 fully saturated rings. The van der Waals surface area contributed by atoms with Crippen LogP contribution in [0.25, 0.3) is 0 Å². The van der Waals surface area contributed by atoms with E-state index in [2.05, 4.69) is 5.32 Å². The smallest absolute Gasteiger partial charge is 0.246 e. The molecule has 0 unspecified atom stereocenters. The van der Waals surface area contributed by atoms with Gasteiger partial charge in [-0.1, -0.05) is 0 Å². The molecule has 0 atom stereocenters. The largest absolute Gasteiger partial charge is 0.449 e. The van der Waals surface area contributed by atoms with E-state index in [-0.39, 0.29) is 11.8 Å². The third-order valence-electron chi connectivity index (χ3n) is 2.87. The van der Waals surface area contributed by atoms with Gasteiger partial charge in [0.2, 0.25) is 11.7 Å². The summed E-state index contributed by atoms with van der Waals surface area (Å²) in [7, 11) is 0. The fourth-order valence-corrected chi connectivity index (χ4v) is 1.89. The van der Waals surface area contributed by atoms with Gasteiger partial charge in [0.05, 0.1) is 0 Å². The second-order valence-electron chi connectivity index (χ2n) is 5.03. The fraction of sp³-hybridized carbons (Fsp3) is 0.462. The van der Waals surface area contributed by atoms with E-state index >= 15 is 0 Å². The van der Waals surface area contributed by atoms with E-state index in [1.165, 1.54) is 0 Å². The summed E-state index contributed by atoms with van der Waals surface area (Å²) in [5, 5.41) is 2.89. The standard InChI is InChI=1S/C13H15NO3/c1-13(2)16-10-6-5-9(7-11(10)17-13)14-12(15)8-3-4-8/h5-8H,3-4H2,1-2H3,(H,14,15). The first-order valence-electron chi connectivity index (χ1n) is 5.86. The van der Waals surface area contributed by atoms with Crippen LogP contribution in [-0.4, -0.2) is 11.7 Å². The van der Waals surface area contributed by atoms with E-state index in [9.17, 15) is 4.79 Å². The zero-order valence-electron chi connectivity index (χ0n) is 9.95. The molecule has 2 aliphatic rings. The number of nitrogens with one attached hydrogen (secondary N) is 1. The molecule has 0 bridgehead atoms. The van der Waals surface area contributed by atoms with Crippen molar-refractivity contribution in [3.63, 3.8) is 0 Å². The molecule has 3 rings (SSSR count). The minimum atomic E-state index is -0.624. The summed E-state index contributed by atoms with van der Waals surface area (Å²) >= 11 is 0. The Kier molecular flexibility index (Phi) is 2.08. The second kappa shape index (κ2) is 3.39. The molecule has 1 aromatic rings. The van der Waals surface area contributed by atoms with Gasteiger partial charge in [0.25, 0.3) is 0 Å². The first-order valence-corrected chi connectivity index (χ1v) is 5.86. The molecule has 0 saturated heterocycles. The summed E-state index contributed by atoms with van der Waals surface area (Å²) in [5.74, 6) is 1.09. The van der Waals surface area contributed by atoms with Crippen LogP contribution in [0.3, 0.4) is 0 Å². The van der Waals surface area contributed by atoms with Crippen molar-refractivity contribution < 1.29 is 14.3 Å². The van der Waals surface area contributed by atoms with Crippen molar-refractivity contribution in [1.29, 1.82) is 0 Å². The predicted molar refractivity (Wildman–Crippen MR) is 63.1 cm³/mol. The van der Waals surface area contributed by atoms with Gasteiger partial charge in [-0.2, -0.15) is 0 Å². The molecule has 1 N–H and O–H groups in total. The molecular formula is C13H15NO3. The van der Waals surface area contributed by atoms with E-state index in [0.29, 0.717) is 5.75 Å². The Morgan fingerprint density at radius 2 is 2.00 bits per heavy atom. The average Bonchev–Trinajstić information content (AvgIpc) is 3.01. The molecular weight excluding hydrogens is 218 g/mol. The Hall–Kier alpha value is -1.71. The van der Waals surface area contributed by atoms with Crippen molar-refractivity contribution in [3.8, 4) is 11.5 Å². The third kappa shape index (κ3) is 2.07. The van der Waals surface area contributed by atoms with Crippen molar-refractivity contribution >= 4 is 11.6 Å². The van der Waals surface area contributed by atoms with E-state index < -0.39 is 5.79 Å². The average molecular weight is 233 g/mol. The number of carbonyl (C=O) groups is 1. The summed E-state index contributed by atoms with van der Waals surface area (Å²) in [6, 6.07) is 5.47. The van der Waals surface area contributed by atoms with Crippen LogP contribution >= 0.6 is 0 Å². The third-order valence-corrected chi connectivity index (χ3v) is 2.87. The van der Waals surface area contributed by atoms with Gasteiger partial charge in [0, 0.05) is 31.5 Å².